The van der Waals surface area contributed by atoms with Crippen LogP contribution < -0.4 is 10.1 Å². The molecule has 1 aromatic carbocycles. The van der Waals surface area contributed by atoms with Crippen LogP contribution in [-0.2, 0) is 16.1 Å². The van der Waals surface area contributed by atoms with E-state index in [9.17, 15) is 9.59 Å². The van der Waals surface area contributed by atoms with Gasteiger partial charge in [0.1, 0.15) is 12.4 Å². The first-order valence-corrected chi connectivity index (χ1v) is 7.04. The molecule has 5 nitrogen and oxygen atoms in total. The van der Waals surface area contributed by atoms with E-state index in [4.69, 9.17) is 9.47 Å². The summed E-state index contributed by atoms with van der Waals surface area (Å²) in [5, 5.41) is 2.62. The van der Waals surface area contributed by atoms with Gasteiger partial charge in [-0.05, 0) is 44.9 Å². The van der Waals surface area contributed by atoms with Gasteiger partial charge in [0.2, 0.25) is 0 Å². The lowest BCUT2D eigenvalue weighted by Gasteiger charge is -2.16. The van der Waals surface area contributed by atoms with Gasteiger partial charge in [-0.2, -0.15) is 0 Å². The van der Waals surface area contributed by atoms with Crippen LogP contribution in [0.25, 0.3) is 0 Å². The molecule has 0 aliphatic heterocycles. The summed E-state index contributed by atoms with van der Waals surface area (Å²) >= 11 is 0. The Labute approximate surface area is 125 Å². The molecule has 0 unspecified atom stereocenters. The molecule has 0 saturated carbocycles. The fraction of sp³-hybridized carbons (Fsp3) is 0.500. The molecule has 0 aliphatic rings. The Kier molecular flexibility index (Phi) is 6.21. The van der Waals surface area contributed by atoms with Gasteiger partial charge in [-0.25, -0.2) is 4.79 Å². The first kappa shape index (κ1) is 17.0. The van der Waals surface area contributed by atoms with Gasteiger partial charge in [-0.1, -0.05) is 19.1 Å². The number of ether oxygens (including phenoxy) is 2. The molecule has 0 spiro atoms. The number of carbonyl (C=O) groups is 2. The molecule has 1 amide bonds. The fourth-order valence-corrected chi connectivity index (χ4v) is 1.39. The minimum absolute atomic E-state index is 0.207. The Hall–Kier alpha value is -2.04. The summed E-state index contributed by atoms with van der Waals surface area (Å²) in [7, 11) is 0. The van der Waals surface area contributed by atoms with E-state index in [1.807, 2.05) is 6.92 Å². The highest BCUT2D eigenvalue weighted by atomic mass is 16.6. The number of rotatable bonds is 5. The molecular formula is C16H23NO4. The minimum Gasteiger partial charge on any atom is -0.460 e. The van der Waals surface area contributed by atoms with Crippen LogP contribution in [0.3, 0.4) is 0 Å². The molecule has 1 N–H and O–H groups in total. The second-order valence-corrected chi connectivity index (χ2v) is 5.79. The number of hydrogen-bond acceptors (Lipinski definition) is 4. The summed E-state index contributed by atoms with van der Waals surface area (Å²) in [4.78, 5) is 23.0. The summed E-state index contributed by atoms with van der Waals surface area (Å²) in [6.45, 7) is 8.18. The zero-order chi connectivity index (χ0) is 15.9. The molecule has 0 fully saturated rings. The van der Waals surface area contributed by atoms with Crippen molar-refractivity contribution in [3.63, 3.8) is 0 Å². The third-order valence-corrected chi connectivity index (χ3v) is 2.64. The van der Waals surface area contributed by atoms with Crippen molar-refractivity contribution in [2.24, 2.45) is 5.41 Å². The zero-order valence-electron chi connectivity index (χ0n) is 13.1. The van der Waals surface area contributed by atoms with Crippen LogP contribution >= 0.6 is 0 Å². The van der Waals surface area contributed by atoms with Crippen molar-refractivity contribution in [2.75, 3.05) is 6.54 Å². The zero-order valence-corrected chi connectivity index (χ0v) is 13.1. The van der Waals surface area contributed by atoms with Crippen LogP contribution in [0.5, 0.6) is 5.75 Å². The third-order valence-electron chi connectivity index (χ3n) is 2.64. The van der Waals surface area contributed by atoms with Crippen LogP contribution in [0.2, 0.25) is 0 Å². The third kappa shape index (κ3) is 6.29. The molecule has 0 saturated heterocycles. The fourth-order valence-electron chi connectivity index (χ4n) is 1.39. The number of hydrogen-bond donors (Lipinski definition) is 1. The van der Waals surface area contributed by atoms with Crippen molar-refractivity contribution in [1.29, 1.82) is 0 Å². The predicted molar refractivity (Wildman–Crippen MR) is 80.0 cm³/mol. The van der Waals surface area contributed by atoms with Crippen LogP contribution in [0.15, 0.2) is 24.3 Å². The molecular weight excluding hydrogens is 270 g/mol. The normalized spacial score (nSPS) is 10.9. The summed E-state index contributed by atoms with van der Waals surface area (Å²) in [6, 6.07) is 6.87. The van der Waals surface area contributed by atoms with Gasteiger partial charge < -0.3 is 14.8 Å². The number of amides is 1. The van der Waals surface area contributed by atoms with Gasteiger partial charge in [-0.15, -0.1) is 0 Å². The Balaban J connectivity index is 2.47. The van der Waals surface area contributed by atoms with Crippen molar-refractivity contribution in [1.82, 2.24) is 5.32 Å². The number of carbonyl (C=O) groups excluding carboxylic acids is 2. The van der Waals surface area contributed by atoms with Crippen molar-refractivity contribution in [3.05, 3.63) is 29.8 Å². The summed E-state index contributed by atoms with van der Waals surface area (Å²) < 4.78 is 10.3. The standard InChI is InChI=1S/C16H23NO4/c1-5-10-17-15(19)21-13-8-6-12(7-9-13)11-20-14(18)16(2,3)4/h6-9H,5,10-11H2,1-4H3,(H,17,19). The summed E-state index contributed by atoms with van der Waals surface area (Å²) in [5.74, 6) is 0.205. The molecule has 0 aliphatic carbocycles. The molecule has 0 radical (unpaired) electrons. The highest BCUT2D eigenvalue weighted by Gasteiger charge is 2.22. The molecule has 0 bridgehead atoms. The highest BCUT2D eigenvalue weighted by Crippen LogP contribution is 2.17. The monoisotopic (exact) mass is 293 g/mol. The number of esters is 1. The lowest BCUT2D eigenvalue weighted by molar-refractivity contribution is -0.154. The lowest BCUT2D eigenvalue weighted by Crippen LogP contribution is -2.27. The Morgan fingerprint density at radius 3 is 2.29 bits per heavy atom. The molecule has 21 heavy (non-hydrogen) atoms. The SMILES string of the molecule is CCCNC(=O)Oc1ccc(COC(=O)C(C)(C)C)cc1. The first-order chi connectivity index (χ1) is 9.82. The Bertz CT molecular complexity index is 474. The molecule has 5 heteroatoms. The highest BCUT2D eigenvalue weighted by molar-refractivity contribution is 5.75. The van der Waals surface area contributed by atoms with Crippen molar-refractivity contribution >= 4 is 12.1 Å². The maximum Gasteiger partial charge on any atom is 0.412 e. The van der Waals surface area contributed by atoms with Crippen LogP contribution in [0.1, 0.15) is 39.7 Å². The predicted octanol–water partition coefficient (Wildman–Crippen LogP) is 3.27. The second-order valence-electron chi connectivity index (χ2n) is 5.79. The molecule has 0 aromatic heterocycles. The van der Waals surface area contributed by atoms with Gasteiger partial charge in [-0.3, -0.25) is 4.79 Å². The van der Waals surface area contributed by atoms with Crippen molar-refractivity contribution < 1.29 is 19.1 Å². The molecule has 0 heterocycles. The van der Waals surface area contributed by atoms with E-state index < -0.39 is 11.5 Å². The minimum atomic E-state index is -0.513. The number of benzene rings is 1. The Morgan fingerprint density at radius 2 is 1.76 bits per heavy atom. The molecule has 1 rings (SSSR count). The van der Waals surface area contributed by atoms with E-state index in [1.165, 1.54) is 0 Å². The summed E-state index contributed by atoms with van der Waals surface area (Å²) in [6.07, 6.45) is 0.386. The topological polar surface area (TPSA) is 64.6 Å². The van der Waals surface area contributed by atoms with Gasteiger partial charge in [0.25, 0.3) is 0 Å². The van der Waals surface area contributed by atoms with E-state index in [-0.39, 0.29) is 12.6 Å². The molecule has 0 atom stereocenters. The van der Waals surface area contributed by atoms with Crippen LogP contribution in [0, 0.1) is 5.41 Å². The molecule has 1 aromatic rings. The van der Waals surface area contributed by atoms with Gasteiger partial charge in [0.15, 0.2) is 0 Å². The largest absolute Gasteiger partial charge is 0.460 e. The van der Waals surface area contributed by atoms with E-state index in [2.05, 4.69) is 5.32 Å². The Morgan fingerprint density at radius 1 is 1.14 bits per heavy atom. The van der Waals surface area contributed by atoms with Crippen LogP contribution in [0.4, 0.5) is 4.79 Å². The average molecular weight is 293 g/mol. The van der Waals surface area contributed by atoms with Gasteiger partial charge in [0.05, 0.1) is 5.41 Å². The molecule has 116 valence electrons. The van der Waals surface area contributed by atoms with E-state index in [1.54, 1.807) is 45.0 Å². The quantitative estimate of drug-likeness (QED) is 0.846. The second kappa shape index (κ2) is 7.67. The average Bonchev–Trinajstić information content (AvgIpc) is 2.43. The van der Waals surface area contributed by atoms with Crippen molar-refractivity contribution in [2.45, 2.75) is 40.7 Å². The van der Waals surface area contributed by atoms with E-state index in [0.717, 1.165) is 12.0 Å². The van der Waals surface area contributed by atoms with Gasteiger partial charge >= 0.3 is 12.1 Å². The maximum absolute atomic E-state index is 11.7. The number of nitrogens with one attached hydrogen (secondary N) is 1. The summed E-state index contributed by atoms with van der Waals surface area (Å²) in [5.41, 5.74) is 0.328. The van der Waals surface area contributed by atoms with E-state index >= 15 is 0 Å². The lowest BCUT2D eigenvalue weighted by atomic mass is 9.97. The van der Waals surface area contributed by atoms with E-state index in [0.29, 0.717) is 12.3 Å². The first-order valence-electron chi connectivity index (χ1n) is 7.04. The van der Waals surface area contributed by atoms with Crippen molar-refractivity contribution in [3.8, 4) is 5.75 Å². The smallest absolute Gasteiger partial charge is 0.412 e. The maximum atomic E-state index is 11.7. The van der Waals surface area contributed by atoms with Crippen LogP contribution in [-0.4, -0.2) is 18.6 Å². The van der Waals surface area contributed by atoms with Gasteiger partial charge in [0, 0.05) is 6.54 Å².